The van der Waals surface area contributed by atoms with Gasteiger partial charge in [-0.2, -0.15) is 0 Å². The number of hydrogen-bond donors (Lipinski definition) is 1. The van der Waals surface area contributed by atoms with E-state index in [9.17, 15) is 0 Å². The van der Waals surface area contributed by atoms with Gasteiger partial charge in [0.25, 0.3) is 0 Å². The first-order chi connectivity index (χ1) is 9.15. The Morgan fingerprint density at radius 3 is 2.42 bits per heavy atom. The van der Waals surface area contributed by atoms with Gasteiger partial charge in [-0.25, -0.2) is 0 Å². The Bertz CT molecular complexity index is 546. The molecule has 1 N–H and O–H groups in total. The quantitative estimate of drug-likeness (QED) is 0.677. The van der Waals surface area contributed by atoms with Crippen molar-refractivity contribution in [3.63, 3.8) is 0 Å². The SMILES string of the molecule is Clc1ccc(Br)cc1OCCNc1ccc(Br)cc1. The van der Waals surface area contributed by atoms with Crippen LogP contribution in [0.2, 0.25) is 5.02 Å². The van der Waals surface area contributed by atoms with Crippen molar-refractivity contribution in [2.45, 2.75) is 0 Å². The molecule has 2 aromatic rings. The maximum Gasteiger partial charge on any atom is 0.139 e. The minimum Gasteiger partial charge on any atom is -0.490 e. The van der Waals surface area contributed by atoms with E-state index in [1.807, 2.05) is 42.5 Å². The fraction of sp³-hybridized carbons (Fsp3) is 0.143. The molecule has 0 aliphatic rings. The first-order valence-corrected chi connectivity index (χ1v) is 7.69. The molecule has 0 saturated heterocycles. The third kappa shape index (κ3) is 4.71. The monoisotopic (exact) mass is 403 g/mol. The van der Waals surface area contributed by atoms with E-state index < -0.39 is 0 Å². The molecular formula is C14H12Br2ClNO. The number of halogens is 3. The topological polar surface area (TPSA) is 21.3 Å². The second-order valence-electron chi connectivity index (χ2n) is 3.86. The van der Waals surface area contributed by atoms with E-state index >= 15 is 0 Å². The van der Waals surface area contributed by atoms with E-state index in [2.05, 4.69) is 37.2 Å². The first-order valence-electron chi connectivity index (χ1n) is 5.72. The fourth-order valence-electron chi connectivity index (χ4n) is 1.51. The van der Waals surface area contributed by atoms with E-state index in [-0.39, 0.29) is 0 Å². The first kappa shape index (κ1) is 14.7. The van der Waals surface area contributed by atoms with Gasteiger partial charge >= 0.3 is 0 Å². The van der Waals surface area contributed by atoms with Gasteiger partial charge in [0.15, 0.2) is 0 Å². The maximum absolute atomic E-state index is 6.04. The van der Waals surface area contributed by atoms with Crippen molar-refractivity contribution in [2.24, 2.45) is 0 Å². The predicted octanol–water partition coefficient (Wildman–Crippen LogP) is 5.36. The van der Waals surface area contributed by atoms with Crippen molar-refractivity contribution in [3.05, 3.63) is 56.4 Å². The van der Waals surface area contributed by atoms with Gasteiger partial charge in [0.05, 0.1) is 5.02 Å². The summed E-state index contributed by atoms with van der Waals surface area (Å²) >= 11 is 12.8. The van der Waals surface area contributed by atoms with E-state index in [4.69, 9.17) is 16.3 Å². The van der Waals surface area contributed by atoms with Gasteiger partial charge in [-0.05, 0) is 42.5 Å². The van der Waals surface area contributed by atoms with Gasteiger partial charge in [-0.3, -0.25) is 0 Å². The molecule has 0 radical (unpaired) electrons. The van der Waals surface area contributed by atoms with Gasteiger partial charge in [-0.15, -0.1) is 0 Å². The molecule has 2 aromatic carbocycles. The smallest absolute Gasteiger partial charge is 0.139 e. The van der Waals surface area contributed by atoms with Crippen LogP contribution in [0.4, 0.5) is 5.69 Å². The summed E-state index contributed by atoms with van der Waals surface area (Å²) in [5.74, 6) is 0.689. The molecule has 0 saturated carbocycles. The molecule has 0 atom stereocenters. The molecule has 0 unspecified atom stereocenters. The Balaban J connectivity index is 1.80. The summed E-state index contributed by atoms with van der Waals surface area (Å²) in [5.41, 5.74) is 1.06. The zero-order chi connectivity index (χ0) is 13.7. The largest absolute Gasteiger partial charge is 0.490 e. The van der Waals surface area contributed by atoms with Crippen LogP contribution in [0.15, 0.2) is 51.4 Å². The van der Waals surface area contributed by atoms with Crippen molar-refractivity contribution >= 4 is 49.1 Å². The van der Waals surface area contributed by atoms with Crippen molar-refractivity contribution in [2.75, 3.05) is 18.5 Å². The van der Waals surface area contributed by atoms with Gasteiger partial charge in [-0.1, -0.05) is 43.5 Å². The van der Waals surface area contributed by atoms with E-state index in [0.717, 1.165) is 14.6 Å². The molecule has 19 heavy (non-hydrogen) atoms. The maximum atomic E-state index is 6.04. The third-order valence-electron chi connectivity index (χ3n) is 2.43. The number of rotatable bonds is 5. The molecule has 2 rings (SSSR count). The number of nitrogens with one attached hydrogen (secondary N) is 1. The van der Waals surface area contributed by atoms with Crippen LogP contribution in [0.1, 0.15) is 0 Å². The van der Waals surface area contributed by atoms with E-state index in [0.29, 0.717) is 23.9 Å². The predicted molar refractivity (Wildman–Crippen MR) is 87.3 cm³/mol. The molecule has 0 aliphatic heterocycles. The lowest BCUT2D eigenvalue weighted by Crippen LogP contribution is -2.11. The van der Waals surface area contributed by atoms with Crippen molar-refractivity contribution in [1.82, 2.24) is 0 Å². The van der Waals surface area contributed by atoms with Crippen LogP contribution in [-0.2, 0) is 0 Å². The lowest BCUT2D eigenvalue weighted by molar-refractivity contribution is 0.333. The Hall–Kier alpha value is -0.710. The molecule has 0 amide bonds. The third-order valence-corrected chi connectivity index (χ3v) is 3.76. The van der Waals surface area contributed by atoms with Crippen molar-refractivity contribution in [1.29, 1.82) is 0 Å². The number of ether oxygens (including phenoxy) is 1. The zero-order valence-corrected chi connectivity index (χ0v) is 13.9. The Morgan fingerprint density at radius 2 is 1.68 bits per heavy atom. The lowest BCUT2D eigenvalue weighted by Gasteiger charge is -2.10. The summed E-state index contributed by atoms with van der Waals surface area (Å²) in [6, 6.07) is 13.6. The number of benzene rings is 2. The second-order valence-corrected chi connectivity index (χ2v) is 6.10. The molecule has 0 aliphatic carbocycles. The molecule has 0 fully saturated rings. The Labute approximate surface area is 134 Å². The van der Waals surface area contributed by atoms with Crippen molar-refractivity contribution in [3.8, 4) is 5.75 Å². The summed E-state index contributed by atoms with van der Waals surface area (Å²) in [5, 5.41) is 3.89. The molecule has 0 spiro atoms. The van der Waals surface area contributed by atoms with Crippen LogP contribution in [0.25, 0.3) is 0 Å². The lowest BCUT2D eigenvalue weighted by atomic mass is 10.3. The average Bonchev–Trinajstić information content (AvgIpc) is 2.40. The fourth-order valence-corrected chi connectivity index (χ4v) is 2.29. The summed E-state index contributed by atoms with van der Waals surface area (Å²) in [7, 11) is 0. The summed E-state index contributed by atoms with van der Waals surface area (Å²) in [6.07, 6.45) is 0. The second kappa shape index (κ2) is 7.17. The van der Waals surface area contributed by atoms with E-state index in [1.165, 1.54) is 0 Å². The van der Waals surface area contributed by atoms with Crippen LogP contribution in [-0.4, -0.2) is 13.2 Å². The Morgan fingerprint density at radius 1 is 1.00 bits per heavy atom. The highest BCUT2D eigenvalue weighted by Crippen LogP contribution is 2.27. The Kier molecular flexibility index (Phi) is 5.55. The van der Waals surface area contributed by atoms with Crippen LogP contribution < -0.4 is 10.1 Å². The molecule has 2 nitrogen and oxygen atoms in total. The van der Waals surface area contributed by atoms with Gasteiger partial charge in [0.2, 0.25) is 0 Å². The number of hydrogen-bond acceptors (Lipinski definition) is 2. The molecular weight excluding hydrogens is 393 g/mol. The molecule has 0 aromatic heterocycles. The highest BCUT2D eigenvalue weighted by molar-refractivity contribution is 9.10. The molecule has 100 valence electrons. The number of anilines is 1. The summed E-state index contributed by atoms with van der Waals surface area (Å²) in [4.78, 5) is 0. The molecule has 5 heteroatoms. The zero-order valence-electron chi connectivity index (χ0n) is 10.00. The van der Waals surface area contributed by atoms with E-state index in [1.54, 1.807) is 0 Å². The van der Waals surface area contributed by atoms with Crippen molar-refractivity contribution < 1.29 is 4.74 Å². The molecule has 0 bridgehead atoms. The average molecular weight is 406 g/mol. The van der Waals surface area contributed by atoms with Crippen LogP contribution in [0.3, 0.4) is 0 Å². The van der Waals surface area contributed by atoms with Gasteiger partial charge in [0.1, 0.15) is 12.4 Å². The highest BCUT2D eigenvalue weighted by Gasteiger charge is 2.01. The highest BCUT2D eigenvalue weighted by atomic mass is 79.9. The molecule has 0 heterocycles. The van der Waals surface area contributed by atoms with Crippen LogP contribution >= 0.6 is 43.5 Å². The summed E-state index contributed by atoms with van der Waals surface area (Å²) in [6.45, 7) is 1.26. The van der Waals surface area contributed by atoms with Gasteiger partial charge in [0, 0.05) is 21.2 Å². The normalized spacial score (nSPS) is 10.3. The van der Waals surface area contributed by atoms with Gasteiger partial charge < -0.3 is 10.1 Å². The minimum absolute atomic E-state index is 0.548. The minimum atomic E-state index is 0.548. The van der Waals surface area contributed by atoms with Crippen LogP contribution in [0.5, 0.6) is 5.75 Å². The summed E-state index contributed by atoms with van der Waals surface area (Å²) < 4.78 is 7.65. The van der Waals surface area contributed by atoms with Crippen LogP contribution in [0, 0.1) is 0 Å². The standard InChI is InChI=1S/C14H12Br2ClNO/c15-10-1-4-12(5-2-10)18-7-8-19-14-9-11(16)3-6-13(14)17/h1-6,9,18H,7-8H2.